The highest BCUT2D eigenvalue weighted by molar-refractivity contribution is 7.92. The summed E-state index contributed by atoms with van der Waals surface area (Å²) in [6, 6.07) is 19.1. The van der Waals surface area contributed by atoms with Gasteiger partial charge in [-0.25, -0.2) is 8.42 Å². The van der Waals surface area contributed by atoms with E-state index in [0.717, 1.165) is 16.3 Å². The number of nitrogens with zero attached hydrogens (tertiary/aromatic N) is 2. The smallest absolute Gasteiger partial charge is 0.264 e. The van der Waals surface area contributed by atoms with Crippen LogP contribution in [0.4, 0.5) is 5.69 Å². The molecule has 3 aromatic rings. The van der Waals surface area contributed by atoms with Crippen molar-refractivity contribution >= 4 is 39.1 Å². The van der Waals surface area contributed by atoms with Crippen LogP contribution in [0.15, 0.2) is 77.7 Å². The molecule has 3 aromatic carbocycles. The number of para-hydroxylation sites is 2. The highest BCUT2D eigenvalue weighted by atomic mass is 35.5. The summed E-state index contributed by atoms with van der Waals surface area (Å²) in [4.78, 5) is 28.7. The Morgan fingerprint density at radius 1 is 0.976 bits per heavy atom. The maximum atomic E-state index is 14.1. The van der Waals surface area contributed by atoms with E-state index in [1.54, 1.807) is 74.5 Å². The Balaban J connectivity index is 2.08. The third-order valence-electron chi connectivity index (χ3n) is 6.73. The maximum absolute atomic E-state index is 14.1. The zero-order chi connectivity index (χ0) is 30.2. The highest BCUT2D eigenvalue weighted by Crippen LogP contribution is 2.33. The number of rotatable bonds is 13. The fourth-order valence-corrected chi connectivity index (χ4v) is 5.81. The standard InChI is InChI=1S/C31H38ClN3O5S/c1-6-23(4)33-31(37)24(5)34(20-25-11-10-12-26(32)19-25)30(36)21-35(28-13-8-9-14-29(28)40-7-2)41(38,39)27-17-15-22(3)16-18-27/h8-19,23-24H,6-7,20-21H2,1-5H3,(H,33,37)/t23-,24+/m1/s1. The Labute approximate surface area is 248 Å². The summed E-state index contributed by atoms with van der Waals surface area (Å²) < 4.78 is 34.9. The van der Waals surface area contributed by atoms with Crippen molar-refractivity contribution in [2.75, 3.05) is 17.5 Å². The molecule has 0 fully saturated rings. The molecule has 0 unspecified atom stereocenters. The summed E-state index contributed by atoms with van der Waals surface area (Å²) >= 11 is 6.20. The lowest BCUT2D eigenvalue weighted by Gasteiger charge is -2.33. The van der Waals surface area contributed by atoms with E-state index in [0.29, 0.717) is 22.9 Å². The molecule has 2 amide bonds. The molecule has 0 saturated heterocycles. The first-order valence-electron chi connectivity index (χ1n) is 13.6. The minimum atomic E-state index is -4.20. The molecule has 0 radical (unpaired) electrons. The van der Waals surface area contributed by atoms with Crippen LogP contribution >= 0.6 is 11.6 Å². The van der Waals surface area contributed by atoms with Crippen LogP contribution < -0.4 is 14.4 Å². The van der Waals surface area contributed by atoms with Crippen LogP contribution in [0.2, 0.25) is 5.02 Å². The third kappa shape index (κ3) is 8.24. The van der Waals surface area contributed by atoms with Crippen molar-refractivity contribution in [3.05, 3.63) is 88.9 Å². The minimum Gasteiger partial charge on any atom is -0.492 e. The molecule has 41 heavy (non-hydrogen) atoms. The predicted octanol–water partition coefficient (Wildman–Crippen LogP) is 5.57. The van der Waals surface area contributed by atoms with Gasteiger partial charge >= 0.3 is 0 Å². The molecule has 0 aliphatic carbocycles. The van der Waals surface area contributed by atoms with Crippen molar-refractivity contribution in [2.45, 2.75) is 64.6 Å². The SMILES string of the molecule is CCOc1ccccc1N(CC(=O)N(Cc1cccc(Cl)c1)[C@@H](C)C(=O)N[C@H](C)CC)S(=O)(=O)c1ccc(C)cc1. The molecule has 8 nitrogen and oxygen atoms in total. The number of sulfonamides is 1. The topological polar surface area (TPSA) is 96.0 Å². The predicted molar refractivity (Wildman–Crippen MR) is 163 cm³/mol. The number of hydrogen-bond donors (Lipinski definition) is 1. The second kappa shape index (κ2) is 14.4. The number of carbonyl (C=O) groups excluding carboxylic acids is 2. The third-order valence-corrected chi connectivity index (χ3v) is 8.74. The number of benzene rings is 3. The van der Waals surface area contributed by atoms with Crippen LogP contribution in [0, 0.1) is 6.92 Å². The summed E-state index contributed by atoms with van der Waals surface area (Å²) in [5.74, 6) is -0.571. The molecular weight excluding hydrogens is 562 g/mol. The first kappa shape index (κ1) is 32.0. The molecule has 220 valence electrons. The first-order chi connectivity index (χ1) is 19.5. The van der Waals surface area contributed by atoms with Gasteiger partial charge in [-0.2, -0.15) is 0 Å². The van der Waals surface area contributed by atoms with Crippen molar-refractivity contribution in [2.24, 2.45) is 0 Å². The minimum absolute atomic E-state index is 0.0335. The second-order valence-corrected chi connectivity index (χ2v) is 12.2. The summed E-state index contributed by atoms with van der Waals surface area (Å²) in [5.41, 5.74) is 1.83. The quantitative estimate of drug-likeness (QED) is 0.277. The largest absolute Gasteiger partial charge is 0.492 e. The van der Waals surface area contributed by atoms with E-state index >= 15 is 0 Å². The highest BCUT2D eigenvalue weighted by Gasteiger charge is 2.34. The van der Waals surface area contributed by atoms with Crippen LogP contribution in [0.25, 0.3) is 0 Å². The van der Waals surface area contributed by atoms with Gasteiger partial charge in [0.2, 0.25) is 11.8 Å². The number of carbonyl (C=O) groups is 2. The molecule has 0 aliphatic rings. The van der Waals surface area contributed by atoms with Crippen LogP contribution in [-0.4, -0.2) is 50.4 Å². The van der Waals surface area contributed by atoms with Gasteiger partial charge < -0.3 is 15.0 Å². The van der Waals surface area contributed by atoms with E-state index in [-0.39, 0.29) is 29.1 Å². The number of amides is 2. The molecular formula is C31H38ClN3O5S. The van der Waals surface area contributed by atoms with Crippen molar-refractivity contribution in [3.63, 3.8) is 0 Å². The number of halogens is 1. The van der Waals surface area contributed by atoms with Crippen LogP contribution in [0.1, 0.15) is 45.2 Å². The summed E-state index contributed by atoms with van der Waals surface area (Å²) in [6.45, 7) is 8.93. The molecule has 0 aliphatic heterocycles. The Hall–Kier alpha value is -3.56. The second-order valence-electron chi connectivity index (χ2n) is 9.87. The summed E-state index contributed by atoms with van der Waals surface area (Å²) in [7, 11) is -4.20. The molecule has 2 atom stereocenters. The van der Waals surface area contributed by atoms with Crippen LogP contribution in [0.3, 0.4) is 0 Å². The lowest BCUT2D eigenvalue weighted by molar-refractivity contribution is -0.139. The van der Waals surface area contributed by atoms with Crippen molar-refractivity contribution in [1.29, 1.82) is 0 Å². The molecule has 3 rings (SSSR count). The van der Waals surface area contributed by atoms with Gasteiger partial charge in [-0.3, -0.25) is 13.9 Å². The van der Waals surface area contributed by atoms with Gasteiger partial charge in [0.15, 0.2) is 0 Å². The van der Waals surface area contributed by atoms with Gasteiger partial charge in [-0.15, -0.1) is 0 Å². The lowest BCUT2D eigenvalue weighted by Crippen LogP contribution is -2.52. The zero-order valence-corrected chi connectivity index (χ0v) is 25.7. The van der Waals surface area contributed by atoms with Gasteiger partial charge in [0, 0.05) is 17.6 Å². The van der Waals surface area contributed by atoms with Gasteiger partial charge in [-0.1, -0.05) is 60.5 Å². The molecule has 0 saturated carbocycles. The number of ether oxygens (including phenoxy) is 1. The monoisotopic (exact) mass is 599 g/mol. The lowest BCUT2D eigenvalue weighted by atomic mass is 10.1. The Morgan fingerprint density at radius 3 is 2.29 bits per heavy atom. The van der Waals surface area contributed by atoms with E-state index in [9.17, 15) is 18.0 Å². The van der Waals surface area contributed by atoms with Gasteiger partial charge in [0.05, 0.1) is 17.2 Å². The van der Waals surface area contributed by atoms with Crippen molar-refractivity contribution in [3.8, 4) is 5.75 Å². The maximum Gasteiger partial charge on any atom is 0.264 e. The number of nitrogens with one attached hydrogen (secondary N) is 1. The normalized spacial score (nSPS) is 12.7. The molecule has 1 N–H and O–H groups in total. The van der Waals surface area contributed by atoms with E-state index in [4.69, 9.17) is 16.3 Å². The number of aryl methyl sites for hydroxylation is 1. The average Bonchev–Trinajstić information content (AvgIpc) is 2.95. The fourth-order valence-electron chi connectivity index (χ4n) is 4.17. The van der Waals surface area contributed by atoms with E-state index < -0.39 is 28.5 Å². The van der Waals surface area contributed by atoms with Crippen LogP contribution in [0.5, 0.6) is 5.75 Å². The van der Waals surface area contributed by atoms with E-state index in [1.807, 2.05) is 20.8 Å². The molecule has 0 spiro atoms. The van der Waals surface area contributed by atoms with E-state index in [2.05, 4.69) is 5.32 Å². The zero-order valence-electron chi connectivity index (χ0n) is 24.1. The fraction of sp³-hybridized carbons (Fsp3) is 0.355. The Bertz CT molecular complexity index is 1450. The molecule has 0 bridgehead atoms. The molecule has 0 heterocycles. The average molecular weight is 600 g/mol. The van der Waals surface area contributed by atoms with Gasteiger partial charge in [0.25, 0.3) is 10.0 Å². The molecule has 0 aromatic heterocycles. The van der Waals surface area contributed by atoms with Gasteiger partial charge in [-0.05, 0) is 76.1 Å². The Morgan fingerprint density at radius 2 is 1.66 bits per heavy atom. The summed E-state index contributed by atoms with van der Waals surface area (Å²) in [6.07, 6.45) is 0.720. The van der Waals surface area contributed by atoms with Crippen molar-refractivity contribution in [1.82, 2.24) is 10.2 Å². The number of hydrogen-bond acceptors (Lipinski definition) is 5. The molecule has 10 heteroatoms. The van der Waals surface area contributed by atoms with Gasteiger partial charge in [0.1, 0.15) is 18.3 Å². The Kier molecular flexibility index (Phi) is 11.2. The van der Waals surface area contributed by atoms with Crippen molar-refractivity contribution < 1.29 is 22.7 Å². The first-order valence-corrected chi connectivity index (χ1v) is 15.4. The van der Waals surface area contributed by atoms with Crippen LogP contribution in [-0.2, 0) is 26.2 Å². The number of anilines is 1. The summed E-state index contributed by atoms with van der Waals surface area (Å²) in [5, 5.41) is 3.41. The van der Waals surface area contributed by atoms with E-state index in [1.165, 1.54) is 17.0 Å².